The van der Waals surface area contributed by atoms with Gasteiger partial charge < -0.3 is 54.0 Å². The van der Waals surface area contributed by atoms with Crippen LogP contribution in [-0.2, 0) is 23.8 Å². The lowest BCUT2D eigenvalue weighted by atomic mass is 9.78. The molecule has 0 saturated carbocycles. The Hall–Kier alpha value is -6.01. The molecule has 9 atom stereocenters. The number of carbonyl (C=O) groups excluding carboxylic acids is 2. The average molecular weight is 941 g/mol. The Morgan fingerprint density at radius 3 is 2.29 bits per heavy atom. The Morgan fingerprint density at radius 1 is 0.956 bits per heavy atom. The smallest absolute Gasteiger partial charge is 0.307 e. The fourth-order valence-corrected chi connectivity index (χ4v) is 9.76. The first-order valence-corrected chi connectivity index (χ1v) is 23.2. The molecule has 366 valence electrons. The first-order chi connectivity index (χ1) is 32.1. The Morgan fingerprint density at radius 2 is 1.65 bits per heavy atom. The number of aromatic nitrogens is 1. The highest BCUT2D eigenvalue weighted by Crippen LogP contribution is 2.42. The SMILES string of the molecule is COC1/C=C\OC2(C)Oc3c(C)c(O)c4c(=O)c(c5oc6cc(N7CCN(CC(C)C)CC7)cc(=O)c6nc5c4c3=C2O)NC(=O)/C(C)=C\C=C/C(C)C(O)C(C)C(O)C(C)C(OC(C)=O)C1C. The number of aliphatic hydroxyl groups is 3. The van der Waals surface area contributed by atoms with Crippen molar-refractivity contribution < 1.29 is 53.4 Å². The Kier molecular flexibility index (Phi) is 14.3. The van der Waals surface area contributed by atoms with Crippen LogP contribution in [-0.4, -0.2) is 112 Å². The molecule has 1 saturated heterocycles. The van der Waals surface area contributed by atoms with Gasteiger partial charge in [0.15, 0.2) is 22.4 Å². The number of hydrogen-bond acceptors (Lipinski definition) is 16. The van der Waals surface area contributed by atoms with Crippen LogP contribution >= 0.6 is 0 Å². The lowest BCUT2D eigenvalue weighted by Crippen LogP contribution is -2.47. The fraction of sp³-hybridized carbons (Fsp3) is 0.510. The zero-order valence-corrected chi connectivity index (χ0v) is 40.6. The molecule has 7 rings (SSSR count). The number of aromatic hydroxyl groups is 1. The molecule has 68 heavy (non-hydrogen) atoms. The number of nitrogens with one attached hydrogen (secondary N) is 1. The van der Waals surface area contributed by atoms with Gasteiger partial charge in [-0.3, -0.25) is 24.1 Å². The summed E-state index contributed by atoms with van der Waals surface area (Å²) < 4.78 is 30.5. The summed E-state index contributed by atoms with van der Waals surface area (Å²) >= 11 is 0. The number of aliphatic hydroxyl groups excluding tert-OH is 3. The Balaban J connectivity index is 1.46. The third-order valence-electron chi connectivity index (χ3n) is 13.8. The van der Waals surface area contributed by atoms with E-state index in [1.54, 1.807) is 45.9 Å². The van der Waals surface area contributed by atoms with Gasteiger partial charge in [-0.15, -0.1) is 0 Å². The van der Waals surface area contributed by atoms with Gasteiger partial charge in [0, 0.05) is 112 Å². The van der Waals surface area contributed by atoms with E-state index in [-0.39, 0.29) is 60.8 Å². The van der Waals surface area contributed by atoms with Crippen molar-refractivity contribution in [1.29, 1.82) is 0 Å². The van der Waals surface area contributed by atoms with E-state index in [0.29, 0.717) is 24.7 Å². The molecule has 17 nitrogen and oxygen atoms in total. The van der Waals surface area contributed by atoms with Gasteiger partial charge in [-0.2, -0.15) is 0 Å². The minimum Gasteiger partial charge on any atom is -0.507 e. The molecule has 3 aromatic carbocycles. The van der Waals surface area contributed by atoms with Crippen LogP contribution in [0.25, 0.3) is 38.7 Å². The van der Waals surface area contributed by atoms with Gasteiger partial charge in [-0.05, 0) is 25.8 Å². The van der Waals surface area contributed by atoms with Crippen LogP contribution in [0.5, 0.6) is 11.5 Å². The summed E-state index contributed by atoms with van der Waals surface area (Å²) in [4.78, 5) is 64.7. The minimum absolute atomic E-state index is 0.0390. The van der Waals surface area contributed by atoms with E-state index < -0.39 is 88.1 Å². The van der Waals surface area contributed by atoms with Crippen LogP contribution in [0.1, 0.15) is 67.9 Å². The molecule has 1 amide bonds. The van der Waals surface area contributed by atoms with Crippen molar-refractivity contribution in [2.24, 2.45) is 29.6 Å². The summed E-state index contributed by atoms with van der Waals surface area (Å²) in [6.07, 6.45) is 3.57. The number of carbonyl (C=O) groups is 2. The molecular formula is C51H64N4O13. The maximum Gasteiger partial charge on any atom is 0.307 e. The van der Waals surface area contributed by atoms with E-state index in [0.717, 1.165) is 19.6 Å². The number of phenols is 1. The summed E-state index contributed by atoms with van der Waals surface area (Å²) in [6, 6.07) is 3.16. The molecule has 0 radical (unpaired) electrons. The summed E-state index contributed by atoms with van der Waals surface area (Å²) in [6.45, 7) is 20.8. The number of rotatable bonds is 5. The molecule has 4 heterocycles. The molecule has 9 unspecified atom stereocenters. The second-order valence-corrected chi connectivity index (χ2v) is 19.2. The normalized spacial score (nSPS) is 29.5. The number of allylic oxidation sites excluding steroid dienone is 2. The lowest BCUT2D eigenvalue weighted by Gasteiger charge is -2.38. The van der Waals surface area contributed by atoms with Crippen molar-refractivity contribution in [3.05, 3.63) is 79.5 Å². The van der Waals surface area contributed by atoms with Crippen molar-refractivity contribution in [3.8, 4) is 11.5 Å². The largest absolute Gasteiger partial charge is 0.507 e. The van der Waals surface area contributed by atoms with Gasteiger partial charge in [0.25, 0.3) is 5.91 Å². The zero-order valence-electron chi connectivity index (χ0n) is 40.6. The number of esters is 1. The number of ether oxygens (including phenoxy) is 4. The second kappa shape index (κ2) is 19.5. The number of amides is 1. The standard InChI is InChI=1S/C51H64N4O13/c1-24(2)23-54-16-18-55(19-17-54)32-21-33(57)39-35(22-32)67-48-40(52-39)36-37-44(60)30(8)47-38(36)49(62)51(10,68-47)65-20-15-34(64-11)27(5)46(66-31(9)56)29(7)43(59)28(6)42(58)25(3)13-12-14-26(4)50(63)53-41(48)45(37)61/h12-15,20-22,24-25,27-29,34,42-43,46,58-60,62H,16-19,23H2,1-11H3,(H,53,63)/b13-12-,20-15-,26-14-. The van der Waals surface area contributed by atoms with Crippen LogP contribution < -0.4 is 31.0 Å². The maximum atomic E-state index is 14.9. The van der Waals surface area contributed by atoms with Crippen LogP contribution in [0.2, 0.25) is 0 Å². The van der Waals surface area contributed by atoms with E-state index in [2.05, 4.69) is 29.0 Å². The number of benzene rings is 3. The van der Waals surface area contributed by atoms with Crippen LogP contribution in [0.15, 0.2) is 62.3 Å². The number of piperazine rings is 1. The minimum atomic E-state index is -1.98. The van der Waals surface area contributed by atoms with E-state index in [1.807, 2.05) is 0 Å². The first-order valence-electron chi connectivity index (χ1n) is 23.2. The van der Waals surface area contributed by atoms with Gasteiger partial charge in [0.1, 0.15) is 28.8 Å². The van der Waals surface area contributed by atoms with E-state index >= 15 is 0 Å². The summed E-state index contributed by atoms with van der Waals surface area (Å²) in [5.41, 5.74) is -1.35. The first kappa shape index (κ1) is 49.9. The molecule has 17 heteroatoms. The fourth-order valence-electron chi connectivity index (χ4n) is 9.76. The van der Waals surface area contributed by atoms with Crippen molar-refractivity contribution >= 4 is 62.0 Å². The van der Waals surface area contributed by atoms with Crippen LogP contribution in [0, 0.1) is 36.5 Å². The highest BCUT2D eigenvalue weighted by Gasteiger charge is 2.44. The molecule has 1 aromatic heterocycles. The molecule has 4 aromatic rings. The number of hydrogen-bond donors (Lipinski definition) is 5. The molecule has 4 bridgehead atoms. The van der Waals surface area contributed by atoms with Crippen LogP contribution in [0.4, 0.5) is 11.4 Å². The molecule has 5 N–H and O–H groups in total. The quantitative estimate of drug-likeness (QED) is 0.0966. The monoisotopic (exact) mass is 940 g/mol. The van der Waals surface area contributed by atoms with Crippen molar-refractivity contribution in [2.75, 3.05) is 50.1 Å². The molecular weight excluding hydrogens is 877 g/mol. The molecule has 1 fully saturated rings. The van der Waals surface area contributed by atoms with E-state index in [1.165, 1.54) is 59.3 Å². The van der Waals surface area contributed by atoms with E-state index in [4.69, 9.17) is 28.3 Å². The van der Waals surface area contributed by atoms with Gasteiger partial charge in [0.2, 0.25) is 10.9 Å². The highest BCUT2D eigenvalue weighted by atomic mass is 16.7. The topological polar surface area (TPSA) is 231 Å². The molecule has 3 aliphatic heterocycles. The number of phenolic OH excluding ortho intramolecular Hbond substituents is 1. The second-order valence-electron chi connectivity index (χ2n) is 19.2. The summed E-state index contributed by atoms with van der Waals surface area (Å²) in [7, 11) is 1.45. The van der Waals surface area contributed by atoms with Gasteiger partial charge in [0.05, 0.1) is 35.2 Å². The Bertz CT molecular complexity index is 2900. The summed E-state index contributed by atoms with van der Waals surface area (Å²) in [5, 5.41) is 49.3. The molecule has 0 aliphatic carbocycles. The molecule has 0 spiro atoms. The average Bonchev–Trinajstić information content (AvgIpc) is 3.56. The number of methoxy groups -OCH3 is 1. The third kappa shape index (κ3) is 9.28. The van der Waals surface area contributed by atoms with Crippen LogP contribution in [0.3, 0.4) is 0 Å². The third-order valence-corrected chi connectivity index (χ3v) is 13.8. The Labute approximate surface area is 394 Å². The highest BCUT2D eigenvalue weighted by molar-refractivity contribution is 6.16. The molecule has 3 aliphatic rings. The summed E-state index contributed by atoms with van der Waals surface area (Å²) in [5.74, 6) is -6.43. The zero-order chi connectivity index (χ0) is 49.7. The number of nitrogens with zero attached hydrogens (tertiary/aromatic N) is 3. The predicted octanol–water partition coefficient (Wildman–Crippen LogP) is 5.34. The number of anilines is 2. The van der Waals surface area contributed by atoms with Gasteiger partial charge in [-0.25, -0.2) is 4.98 Å². The van der Waals surface area contributed by atoms with Crippen molar-refractivity contribution in [3.63, 3.8) is 0 Å². The van der Waals surface area contributed by atoms with Gasteiger partial charge >= 0.3 is 11.8 Å². The lowest BCUT2D eigenvalue weighted by molar-refractivity contribution is -0.160. The van der Waals surface area contributed by atoms with Crippen molar-refractivity contribution in [2.45, 2.75) is 99.4 Å². The maximum absolute atomic E-state index is 14.9. The predicted molar refractivity (Wildman–Crippen MR) is 259 cm³/mol. The van der Waals surface area contributed by atoms with Crippen molar-refractivity contribution in [1.82, 2.24) is 9.88 Å². The van der Waals surface area contributed by atoms with Gasteiger partial charge in [-0.1, -0.05) is 59.8 Å². The number of fused-ring (bicyclic) bond motifs is 2. The van der Waals surface area contributed by atoms with E-state index in [9.17, 15) is 39.6 Å².